The molecule has 0 aromatic heterocycles. The molecule has 0 aliphatic carbocycles. The van der Waals surface area contributed by atoms with Crippen LogP contribution in [-0.2, 0) is 14.8 Å². The number of amides is 1. The summed E-state index contributed by atoms with van der Waals surface area (Å²) in [6, 6.07) is 2.55. The second kappa shape index (κ2) is 5.96. The van der Waals surface area contributed by atoms with Gasteiger partial charge in [0.1, 0.15) is 4.90 Å². The number of carbonyl (C=O) groups is 1. The summed E-state index contributed by atoms with van der Waals surface area (Å²) < 4.78 is 25.6. The predicted molar refractivity (Wildman–Crippen MR) is 74.5 cm³/mol. The number of benzene rings is 1. The zero-order chi connectivity index (χ0) is 14.8. The van der Waals surface area contributed by atoms with Gasteiger partial charge in [-0.05, 0) is 12.1 Å². The number of hydrogen-bond donors (Lipinski definition) is 2. The molecule has 0 aliphatic heterocycles. The van der Waals surface area contributed by atoms with Gasteiger partial charge in [0.25, 0.3) is 0 Å². The van der Waals surface area contributed by atoms with Crippen LogP contribution in [0.5, 0.6) is 0 Å². The maximum absolute atomic E-state index is 12.4. The zero-order valence-corrected chi connectivity index (χ0v) is 12.4. The second-order valence-corrected chi connectivity index (χ2v) is 6.40. The third kappa shape index (κ3) is 3.50. The topological polar surface area (TPSA) is 106 Å². The molecule has 106 valence electrons. The summed E-state index contributed by atoms with van der Waals surface area (Å²) in [6.07, 6.45) is 0. The fourth-order valence-electron chi connectivity index (χ4n) is 1.50. The van der Waals surface area contributed by atoms with Crippen LogP contribution in [0.3, 0.4) is 0 Å². The number of likely N-dealkylation sites (N-methyl/N-ethyl adjacent to an activating group) is 1. The number of primary amides is 1. The molecule has 0 heterocycles. The third-order valence-electron chi connectivity index (χ3n) is 2.30. The molecular weight excluding hydrogens is 313 g/mol. The molecule has 1 aromatic rings. The highest BCUT2D eigenvalue weighted by Gasteiger charge is 2.29. The van der Waals surface area contributed by atoms with Gasteiger partial charge >= 0.3 is 0 Å². The number of nitrogens with two attached hydrogens (primary N) is 2. The van der Waals surface area contributed by atoms with E-state index in [1.165, 1.54) is 12.1 Å². The Balaban J connectivity index is 3.38. The molecule has 0 aliphatic rings. The minimum absolute atomic E-state index is 0.0578. The smallest absolute Gasteiger partial charge is 0.246 e. The highest BCUT2D eigenvalue weighted by atomic mass is 35.5. The van der Waals surface area contributed by atoms with Gasteiger partial charge in [-0.1, -0.05) is 30.1 Å². The van der Waals surface area contributed by atoms with Crippen LogP contribution in [0.1, 0.15) is 6.92 Å². The van der Waals surface area contributed by atoms with Crippen LogP contribution in [0, 0.1) is 0 Å². The third-order valence-corrected chi connectivity index (χ3v) is 5.15. The summed E-state index contributed by atoms with van der Waals surface area (Å²) in [5, 5.41) is -0.208. The molecule has 0 saturated carbocycles. The molecule has 6 nitrogen and oxygen atoms in total. The van der Waals surface area contributed by atoms with Crippen LogP contribution < -0.4 is 11.5 Å². The molecular formula is C10H13Cl2N3O3S. The van der Waals surface area contributed by atoms with Crippen molar-refractivity contribution in [3.8, 4) is 0 Å². The Bertz CT molecular complexity index is 581. The van der Waals surface area contributed by atoms with E-state index in [9.17, 15) is 13.2 Å². The number of rotatable bonds is 5. The van der Waals surface area contributed by atoms with Gasteiger partial charge in [0.2, 0.25) is 15.9 Å². The van der Waals surface area contributed by atoms with Crippen molar-refractivity contribution in [3.05, 3.63) is 22.2 Å². The van der Waals surface area contributed by atoms with Crippen LogP contribution in [0.4, 0.5) is 5.69 Å². The van der Waals surface area contributed by atoms with Crippen LogP contribution in [0.15, 0.2) is 17.0 Å². The van der Waals surface area contributed by atoms with Crippen LogP contribution in [0.2, 0.25) is 10.0 Å². The maximum Gasteiger partial charge on any atom is 0.246 e. The molecule has 1 rings (SSSR count). The van der Waals surface area contributed by atoms with Crippen molar-refractivity contribution in [2.75, 3.05) is 18.8 Å². The Morgan fingerprint density at radius 1 is 1.32 bits per heavy atom. The Morgan fingerprint density at radius 3 is 2.16 bits per heavy atom. The lowest BCUT2D eigenvalue weighted by Gasteiger charge is -2.20. The Morgan fingerprint density at radius 2 is 1.79 bits per heavy atom. The summed E-state index contributed by atoms with van der Waals surface area (Å²) >= 11 is 11.7. The molecule has 0 spiro atoms. The molecule has 0 bridgehead atoms. The van der Waals surface area contributed by atoms with E-state index >= 15 is 0 Å². The molecule has 1 aromatic carbocycles. The van der Waals surface area contributed by atoms with Crippen LogP contribution in [0.25, 0.3) is 0 Å². The normalized spacial score (nSPS) is 11.8. The van der Waals surface area contributed by atoms with E-state index in [-0.39, 0.29) is 27.2 Å². The highest BCUT2D eigenvalue weighted by Crippen LogP contribution is 2.33. The van der Waals surface area contributed by atoms with E-state index in [2.05, 4.69) is 0 Å². The Labute approximate surface area is 121 Å². The molecule has 0 unspecified atom stereocenters. The fraction of sp³-hybridized carbons (Fsp3) is 0.300. The number of sulfonamides is 1. The van der Waals surface area contributed by atoms with Gasteiger partial charge in [0.05, 0.1) is 16.6 Å². The van der Waals surface area contributed by atoms with Crippen LogP contribution in [-0.4, -0.2) is 31.7 Å². The Hall–Kier alpha value is -1.02. The molecule has 9 heteroatoms. The number of halogens is 2. The predicted octanol–water partition coefficient (Wildman–Crippen LogP) is 1.07. The quantitative estimate of drug-likeness (QED) is 0.789. The van der Waals surface area contributed by atoms with Crippen molar-refractivity contribution in [1.29, 1.82) is 0 Å². The van der Waals surface area contributed by atoms with Crippen molar-refractivity contribution in [2.24, 2.45) is 5.73 Å². The van der Waals surface area contributed by atoms with Gasteiger partial charge in [-0.3, -0.25) is 4.79 Å². The molecule has 0 fully saturated rings. The number of nitrogens with zero attached hydrogens (tertiary/aromatic N) is 1. The number of anilines is 1. The molecule has 0 saturated heterocycles. The summed E-state index contributed by atoms with van der Waals surface area (Å²) in [5.74, 6) is -0.770. The summed E-state index contributed by atoms with van der Waals surface area (Å²) in [5.41, 5.74) is 10.8. The lowest BCUT2D eigenvalue weighted by atomic mass is 10.3. The second-order valence-electron chi connectivity index (χ2n) is 3.71. The monoisotopic (exact) mass is 325 g/mol. The Kier molecular flexibility index (Phi) is 5.03. The van der Waals surface area contributed by atoms with Gasteiger partial charge in [-0.15, -0.1) is 0 Å². The largest absolute Gasteiger partial charge is 0.399 e. The minimum atomic E-state index is -4.01. The molecule has 4 N–H and O–H groups in total. The van der Waals surface area contributed by atoms with Crippen LogP contribution >= 0.6 is 23.2 Å². The van der Waals surface area contributed by atoms with Gasteiger partial charge < -0.3 is 11.5 Å². The lowest BCUT2D eigenvalue weighted by Crippen LogP contribution is -2.38. The molecule has 0 radical (unpaired) electrons. The maximum atomic E-state index is 12.4. The van der Waals surface area contributed by atoms with E-state index < -0.39 is 22.5 Å². The SMILES string of the molecule is CCN(CC(N)=O)S(=O)(=O)c1c(Cl)cc(N)cc1Cl. The summed E-state index contributed by atoms with van der Waals surface area (Å²) in [6.45, 7) is 1.18. The average Bonchev–Trinajstić information content (AvgIpc) is 2.23. The van der Waals surface area contributed by atoms with Crippen molar-refractivity contribution in [2.45, 2.75) is 11.8 Å². The first-order valence-electron chi connectivity index (χ1n) is 5.23. The molecule has 0 atom stereocenters. The van der Waals surface area contributed by atoms with Gasteiger partial charge in [0.15, 0.2) is 0 Å². The number of nitrogen functional groups attached to an aromatic ring is 1. The number of hydrogen-bond acceptors (Lipinski definition) is 4. The highest BCUT2D eigenvalue weighted by molar-refractivity contribution is 7.89. The average molecular weight is 326 g/mol. The standard InChI is InChI=1S/C10H13Cl2N3O3S/c1-2-15(5-9(14)16)19(17,18)10-7(11)3-6(13)4-8(10)12/h3-4H,2,5,13H2,1H3,(H2,14,16). The molecule has 1 amide bonds. The van der Waals surface area contributed by atoms with Crippen molar-refractivity contribution in [3.63, 3.8) is 0 Å². The van der Waals surface area contributed by atoms with E-state index in [1.54, 1.807) is 6.92 Å². The van der Waals surface area contributed by atoms with E-state index in [4.69, 9.17) is 34.7 Å². The van der Waals surface area contributed by atoms with Gasteiger partial charge in [-0.2, -0.15) is 4.31 Å². The first kappa shape index (κ1) is 16.0. The van der Waals surface area contributed by atoms with Gasteiger partial charge in [0, 0.05) is 12.2 Å². The summed E-state index contributed by atoms with van der Waals surface area (Å²) in [4.78, 5) is 10.6. The molecule has 19 heavy (non-hydrogen) atoms. The summed E-state index contributed by atoms with van der Waals surface area (Å²) in [7, 11) is -4.01. The zero-order valence-electron chi connectivity index (χ0n) is 10.1. The first-order valence-corrected chi connectivity index (χ1v) is 7.42. The van der Waals surface area contributed by atoms with Gasteiger partial charge in [-0.25, -0.2) is 8.42 Å². The lowest BCUT2D eigenvalue weighted by molar-refractivity contribution is -0.118. The van der Waals surface area contributed by atoms with E-state index in [0.717, 1.165) is 4.31 Å². The number of carbonyl (C=O) groups excluding carboxylic acids is 1. The fourth-order valence-corrected chi connectivity index (χ4v) is 4.09. The van der Waals surface area contributed by atoms with Crippen molar-refractivity contribution >= 4 is 44.8 Å². The van der Waals surface area contributed by atoms with E-state index in [0.29, 0.717) is 0 Å². The first-order chi connectivity index (χ1) is 8.70. The van der Waals surface area contributed by atoms with Crippen molar-refractivity contribution in [1.82, 2.24) is 4.31 Å². The van der Waals surface area contributed by atoms with Crippen molar-refractivity contribution < 1.29 is 13.2 Å². The minimum Gasteiger partial charge on any atom is -0.399 e. The van der Waals surface area contributed by atoms with E-state index in [1.807, 2.05) is 0 Å².